The van der Waals surface area contributed by atoms with Crippen LogP contribution in [0, 0.1) is 11.7 Å². The van der Waals surface area contributed by atoms with Gasteiger partial charge in [-0.15, -0.1) is 0 Å². The number of rotatable bonds is 2. The summed E-state index contributed by atoms with van der Waals surface area (Å²) < 4.78 is 19.1. The highest BCUT2D eigenvalue weighted by Crippen LogP contribution is 2.35. The number of anilines is 2. The summed E-state index contributed by atoms with van der Waals surface area (Å²) in [6, 6.07) is 3.39. The average Bonchev–Trinajstić information content (AvgIpc) is 2.58. The number of nitrogens with two attached hydrogens (primary N) is 1. The van der Waals surface area contributed by atoms with Gasteiger partial charge in [0.1, 0.15) is 11.6 Å². The molecule has 1 aliphatic rings. The lowest BCUT2D eigenvalue weighted by molar-refractivity contribution is 0.416. The molecular formula is C13H19FN2O. The third-order valence-corrected chi connectivity index (χ3v) is 3.39. The highest BCUT2D eigenvalue weighted by Gasteiger charge is 2.28. The normalized spacial score (nSPS) is 24.1. The molecule has 2 N–H and O–H groups in total. The first-order valence-electron chi connectivity index (χ1n) is 5.92. The summed E-state index contributed by atoms with van der Waals surface area (Å²) >= 11 is 0. The molecule has 1 saturated heterocycles. The largest absolute Gasteiger partial charge is 0.495 e. The van der Waals surface area contributed by atoms with Crippen molar-refractivity contribution in [3.63, 3.8) is 0 Å². The summed E-state index contributed by atoms with van der Waals surface area (Å²) in [5.41, 5.74) is 6.61. The lowest BCUT2D eigenvalue weighted by Gasteiger charge is -2.25. The van der Waals surface area contributed by atoms with Gasteiger partial charge in [0.25, 0.3) is 0 Å². The van der Waals surface area contributed by atoms with Crippen molar-refractivity contribution in [2.75, 3.05) is 24.3 Å². The van der Waals surface area contributed by atoms with Gasteiger partial charge in [0.05, 0.1) is 18.5 Å². The van der Waals surface area contributed by atoms with Crippen molar-refractivity contribution >= 4 is 11.4 Å². The Kier molecular flexibility index (Phi) is 3.13. The van der Waals surface area contributed by atoms with Gasteiger partial charge in [-0.05, 0) is 19.3 Å². The molecule has 2 atom stereocenters. The zero-order chi connectivity index (χ0) is 12.6. The molecule has 1 aromatic carbocycles. The Balaban J connectivity index is 2.38. The van der Waals surface area contributed by atoms with Gasteiger partial charge in [-0.25, -0.2) is 4.39 Å². The minimum absolute atomic E-state index is 0.274. The van der Waals surface area contributed by atoms with E-state index in [1.165, 1.54) is 6.07 Å². The van der Waals surface area contributed by atoms with Gasteiger partial charge in [0, 0.05) is 24.7 Å². The Labute approximate surface area is 101 Å². The minimum Gasteiger partial charge on any atom is -0.495 e. The van der Waals surface area contributed by atoms with Crippen LogP contribution in [-0.2, 0) is 0 Å². The highest BCUT2D eigenvalue weighted by molar-refractivity contribution is 5.64. The summed E-state index contributed by atoms with van der Waals surface area (Å²) in [6.07, 6.45) is 1.09. The molecule has 2 unspecified atom stereocenters. The maximum Gasteiger partial charge on any atom is 0.148 e. The van der Waals surface area contributed by atoms with Crippen molar-refractivity contribution in [1.82, 2.24) is 0 Å². The molecule has 17 heavy (non-hydrogen) atoms. The van der Waals surface area contributed by atoms with E-state index in [0.717, 1.165) is 13.0 Å². The molecule has 4 heteroatoms. The molecule has 3 nitrogen and oxygen atoms in total. The van der Waals surface area contributed by atoms with Crippen LogP contribution in [-0.4, -0.2) is 19.7 Å². The van der Waals surface area contributed by atoms with E-state index in [4.69, 9.17) is 10.5 Å². The number of nitrogen functional groups attached to an aromatic ring is 1. The van der Waals surface area contributed by atoms with Gasteiger partial charge >= 0.3 is 0 Å². The molecule has 0 aliphatic carbocycles. The van der Waals surface area contributed by atoms with Crippen LogP contribution in [0.2, 0.25) is 0 Å². The second kappa shape index (κ2) is 4.43. The molecule has 1 aromatic rings. The first-order chi connectivity index (χ1) is 8.02. The van der Waals surface area contributed by atoms with Crippen LogP contribution < -0.4 is 15.4 Å². The molecule has 1 aliphatic heterocycles. The van der Waals surface area contributed by atoms with E-state index in [9.17, 15) is 4.39 Å². The molecule has 2 rings (SSSR count). The monoisotopic (exact) mass is 238 g/mol. The van der Waals surface area contributed by atoms with E-state index in [1.54, 1.807) is 13.2 Å². The number of benzene rings is 1. The van der Waals surface area contributed by atoms with Crippen LogP contribution >= 0.6 is 0 Å². The summed E-state index contributed by atoms with van der Waals surface area (Å²) in [7, 11) is 1.55. The van der Waals surface area contributed by atoms with Crippen LogP contribution in [0.25, 0.3) is 0 Å². The summed E-state index contributed by atoms with van der Waals surface area (Å²) in [4.78, 5) is 2.09. The molecule has 0 spiro atoms. The predicted molar refractivity (Wildman–Crippen MR) is 68.0 cm³/mol. The summed E-state index contributed by atoms with van der Waals surface area (Å²) in [5.74, 6) is 0.852. The maximum atomic E-state index is 13.9. The molecule has 0 aromatic heterocycles. The van der Waals surface area contributed by atoms with Crippen molar-refractivity contribution in [3.8, 4) is 5.75 Å². The van der Waals surface area contributed by atoms with Crippen molar-refractivity contribution in [1.29, 1.82) is 0 Å². The van der Waals surface area contributed by atoms with Crippen molar-refractivity contribution in [2.24, 2.45) is 5.92 Å². The van der Waals surface area contributed by atoms with Crippen LogP contribution in [0.4, 0.5) is 15.8 Å². The van der Waals surface area contributed by atoms with Gasteiger partial charge < -0.3 is 15.4 Å². The van der Waals surface area contributed by atoms with Crippen molar-refractivity contribution in [2.45, 2.75) is 26.3 Å². The predicted octanol–water partition coefficient (Wildman–Crippen LogP) is 2.65. The Bertz CT molecular complexity index is 422. The smallest absolute Gasteiger partial charge is 0.148 e. The second-order valence-electron chi connectivity index (χ2n) is 4.89. The van der Waals surface area contributed by atoms with E-state index < -0.39 is 0 Å². The Morgan fingerprint density at radius 1 is 1.41 bits per heavy atom. The van der Waals surface area contributed by atoms with Crippen LogP contribution in [0.3, 0.4) is 0 Å². The lowest BCUT2D eigenvalue weighted by Crippen LogP contribution is -2.27. The first-order valence-corrected chi connectivity index (χ1v) is 5.92. The minimum atomic E-state index is -0.274. The molecule has 1 heterocycles. The SMILES string of the molecule is COc1cc(N2CC(C)CC2C)c(F)cc1N. The van der Waals surface area contributed by atoms with Gasteiger partial charge in [-0.1, -0.05) is 6.92 Å². The molecule has 1 fully saturated rings. The molecule has 0 amide bonds. The molecule has 94 valence electrons. The summed E-state index contributed by atoms with van der Waals surface area (Å²) in [6.45, 7) is 5.18. The number of nitrogens with zero attached hydrogens (tertiary/aromatic N) is 1. The van der Waals surface area contributed by atoms with E-state index in [-0.39, 0.29) is 5.82 Å². The Morgan fingerprint density at radius 3 is 2.65 bits per heavy atom. The third-order valence-electron chi connectivity index (χ3n) is 3.39. The number of halogens is 1. The van der Waals surface area contributed by atoms with E-state index in [0.29, 0.717) is 29.1 Å². The van der Waals surface area contributed by atoms with Gasteiger partial charge in [-0.3, -0.25) is 0 Å². The maximum absolute atomic E-state index is 13.9. The first kappa shape index (κ1) is 12.0. The van der Waals surface area contributed by atoms with Crippen LogP contribution in [0.15, 0.2) is 12.1 Å². The van der Waals surface area contributed by atoms with Gasteiger partial charge in [0.2, 0.25) is 0 Å². The highest BCUT2D eigenvalue weighted by atomic mass is 19.1. The number of hydrogen-bond donors (Lipinski definition) is 1. The third kappa shape index (κ3) is 2.16. The fraction of sp³-hybridized carbons (Fsp3) is 0.538. The molecule has 0 radical (unpaired) electrons. The van der Waals surface area contributed by atoms with Crippen LogP contribution in [0.1, 0.15) is 20.3 Å². The fourth-order valence-corrected chi connectivity index (χ4v) is 2.59. The zero-order valence-electron chi connectivity index (χ0n) is 10.5. The number of hydrogen-bond acceptors (Lipinski definition) is 3. The van der Waals surface area contributed by atoms with Crippen molar-refractivity contribution in [3.05, 3.63) is 17.9 Å². The zero-order valence-corrected chi connectivity index (χ0v) is 10.5. The van der Waals surface area contributed by atoms with E-state index >= 15 is 0 Å². The quantitative estimate of drug-likeness (QED) is 0.805. The lowest BCUT2D eigenvalue weighted by atomic mass is 10.1. The molecular weight excluding hydrogens is 219 g/mol. The topological polar surface area (TPSA) is 38.5 Å². The Hall–Kier alpha value is -1.45. The average molecular weight is 238 g/mol. The molecule has 0 bridgehead atoms. The standard InChI is InChI=1S/C13H19FN2O/c1-8-4-9(2)16(7-8)12-6-13(17-3)11(15)5-10(12)14/h5-6,8-9H,4,7,15H2,1-3H3. The van der Waals surface area contributed by atoms with E-state index in [2.05, 4.69) is 18.7 Å². The summed E-state index contributed by atoms with van der Waals surface area (Å²) in [5, 5.41) is 0. The second-order valence-corrected chi connectivity index (χ2v) is 4.89. The number of ether oxygens (including phenoxy) is 1. The van der Waals surface area contributed by atoms with E-state index in [1.807, 2.05) is 0 Å². The van der Waals surface area contributed by atoms with Gasteiger partial charge in [-0.2, -0.15) is 0 Å². The fourth-order valence-electron chi connectivity index (χ4n) is 2.59. The Morgan fingerprint density at radius 2 is 2.12 bits per heavy atom. The molecule has 0 saturated carbocycles. The van der Waals surface area contributed by atoms with Gasteiger partial charge in [0.15, 0.2) is 0 Å². The van der Waals surface area contributed by atoms with Crippen LogP contribution in [0.5, 0.6) is 5.75 Å². The van der Waals surface area contributed by atoms with Crippen molar-refractivity contribution < 1.29 is 9.13 Å². The number of methoxy groups -OCH3 is 1.